The molecule has 5 nitrogen and oxygen atoms in total. The van der Waals surface area contributed by atoms with Gasteiger partial charge in [-0.1, -0.05) is 18.6 Å². The fourth-order valence-electron chi connectivity index (χ4n) is 3.77. The maximum atomic E-state index is 13.4. The van der Waals surface area contributed by atoms with Crippen LogP contribution in [-0.4, -0.2) is 30.7 Å². The number of sulfonamides is 1. The minimum absolute atomic E-state index is 0.0436. The average Bonchev–Trinajstić information content (AvgIpc) is 3.12. The number of carbonyl (C=O) groups is 1. The first-order valence-electron chi connectivity index (χ1n) is 9.39. The zero-order chi connectivity index (χ0) is 20.5. The van der Waals surface area contributed by atoms with E-state index in [4.69, 9.17) is 0 Å². The summed E-state index contributed by atoms with van der Waals surface area (Å²) in [7, 11) is -3.78. The first-order valence-corrected chi connectivity index (χ1v) is 11.7. The number of halogens is 1. The van der Waals surface area contributed by atoms with Crippen LogP contribution in [0.3, 0.4) is 0 Å². The molecule has 1 aromatic heterocycles. The van der Waals surface area contributed by atoms with Gasteiger partial charge in [-0.3, -0.25) is 4.79 Å². The van der Waals surface area contributed by atoms with Gasteiger partial charge < -0.3 is 5.32 Å². The third kappa shape index (κ3) is 4.14. The van der Waals surface area contributed by atoms with Crippen molar-refractivity contribution in [3.8, 4) is 0 Å². The first-order chi connectivity index (χ1) is 13.2. The van der Waals surface area contributed by atoms with Crippen molar-refractivity contribution in [3.63, 3.8) is 0 Å². The highest BCUT2D eigenvalue weighted by atomic mass is 32.2. The Bertz CT molecular complexity index is 948. The van der Waals surface area contributed by atoms with Gasteiger partial charge in [0.2, 0.25) is 10.0 Å². The quantitative estimate of drug-likeness (QED) is 0.777. The molecule has 1 amide bonds. The van der Waals surface area contributed by atoms with E-state index in [-0.39, 0.29) is 27.7 Å². The Hall–Kier alpha value is -1.77. The van der Waals surface area contributed by atoms with Gasteiger partial charge in [-0.05, 0) is 62.8 Å². The molecule has 3 atom stereocenters. The Morgan fingerprint density at radius 3 is 2.57 bits per heavy atom. The topological polar surface area (TPSA) is 66.5 Å². The van der Waals surface area contributed by atoms with E-state index in [1.807, 2.05) is 13.8 Å². The fraction of sp³-hybridized carbons (Fsp3) is 0.450. The van der Waals surface area contributed by atoms with Gasteiger partial charge in [-0.25, -0.2) is 12.8 Å². The van der Waals surface area contributed by atoms with Crippen molar-refractivity contribution in [2.24, 2.45) is 0 Å². The number of hydrogen-bond acceptors (Lipinski definition) is 4. The number of nitrogens with zero attached hydrogens (tertiary/aromatic N) is 1. The van der Waals surface area contributed by atoms with Crippen molar-refractivity contribution >= 4 is 27.3 Å². The number of carbonyl (C=O) groups excluding carboxylic acids is 1. The predicted molar refractivity (Wildman–Crippen MR) is 108 cm³/mol. The summed E-state index contributed by atoms with van der Waals surface area (Å²) in [6.45, 7) is 5.56. The summed E-state index contributed by atoms with van der Waals surface area (Å²) in [4.78, 5) is 13.0. The zero-order valence-corrected chi connectivity index (χ0v) is 17.8. The molecule has 2 aromatic rings. The molecule has 8 heteroatoms. The zero-order valence-electron chi connectivity index (χ0n) is 16.2. The van der Waals surface area contributed by atoms with Crippen LogP contribution in [0.2, 0.25) is 0 Å². The van der Waals surface area contributed by atoms with Crippen molar-refractivity contribution in [1.82, 2.24) is 9.62 Å². The molecule has 3 rings (SSSR count). The summed E-state index contributed by atoms with van der Waals surface area (Å²) in [5.41, 5.74) is 0.618. The summed E-state index contributed by atoms with van der Waals surface area (Å²) >= 11 is 1.10. The van der Waals surface area contributed by atoms with Crippen LogP contribution >= 0.6 is 11.3 Å². The summed E-state index contributed by atoms with van der Waals surface area (Å²) < 4.78 is 41.6. The number of amides is 1. The number of nitrogens with one attached hydrogen (secondary N) is 1. The molecule has 1 saturated heterocycles. The van der Waals surface area contributed by atoms with Crippen LogP contribution in [-0.2, 0) is 10.0 Å². The molecule has 1 aliphatic heterocycles. The lowest BCUT2D eigenvalue weighted by atomic mass is 10.0. The van der Waals surface area contributed by atoms with Gasteiger partial charge in [0, 0.05) is 12.1 Å². The molecular formula is C20H25FN2O3S2. The predicted octanol–water partition coefficient (Wildman–Crippen LogP) is 4.33. The average molecular weight is 425 g/mol. The van der Waals surface area contributed by atoms with E-state index in [2.05, 4.69) is 5.32 Å². The van der Waals surface area contributed by atoms with E-state index in [1.54, 1.807) is 24.4 Å². The molecule has 0 spiro atoms. The molecule has 152 valence electrons. The highest BCUT2D eigenvalue weighted by Crippen LogP contribution is 2.33. The molecular weight excluding hydrogens is 399 g/mol. The van der Waals surface area contributed by atoms with Crippen LogP contribution in [0.15, 0.2) is 40.6 Å². The molecule has 1 fully saturated rings. The molecule has 0 bridgehead atoms. The van der Waals surface area contributed by atoms with E-state index in [0.29, 0.717) is 5.56 Å². The van der Waals surface area contributed by atoms with Gasteiger partial charge in [0.05, 0.1) is 6.04 Å². The lowest BCUT2D eigenvalue weighted by Crippen LogP contribution is -2.47. The van der Waals surface area contributed by atoms with E-state index < -0.39 is 22.0 Å². The minimum Gasteiger partial charge on any atom is -0.345 e. The molecule has 2 heterocycles. The van der Waals surface area contributed by atoms with E-state index >= 15 is 0 Å². The Kier molecular flexibility index (Phi) is 6.21. The highest BCUT2D eigenvalue weighted by Gasteiger charge is 2.38. The lowest BCUT2D eigenvalue weighted by molar-refractivity contribution is 0.0940. The van der Waals surface area contributed by atoms with E-state index in [0.717, 1.165) is 30.6 Å². The molecule has 1 aromatic carbocycles. The van der Waals surface area contributed by atoms with Crippen molar-refractivity contribution in [2.45, 2.75) is 63.1 Å². The second-order valence-electron chi connectivity index (χ2n) is 7.33. The fourth-order valence-corrected chi connectivity index (χ4v) is 6.96. The maximum absolute atomic E-state index is 13.4. The molecule has 1 aliphatic rings. The molecule has 28 heavy (non-hydrogen) atoms. The van der Waals surface area contributed by atoms with Crippen molar-refractivity contribution in [1.29, 1.82) is 0 Å². The molecule has 0 saturated carbocycles. The summed E-state index contributed by atoms with van der Waals surface area (Å²) in [5, 5.41) is 4.40. The van der Waals surface area contributed by atoms with Crippen molar-refractivity contribution < 1.29 is 17.6 Å². The van der Waals surface area contributed by atoms with Crippen molar-refractivity contribution in [2.75, 3.05) is 0 Å². The van der Waals surface area contributed by atoms with Crippen LogP contribution in [0, 0.1) is 5.82 Å². The van der Waals surface area contributed by atoms with Gasteiger partial charge in [0.25, 0.3) is 5.91 Å². The van der Waals surface area contributed by atoms with E-state index in [9.17, 15) is 17.6 Å². The van der Waals surface area contributed by atoms with Gasteiger partial charge in [0.15, 0.2) is 0 Å². The normalized spacial score (nSPS) is 22.0. The van der Waals surface area contributed by atoms with Gasteiger partial charge in [-0.15, -0.1) is 11.3 Å². The summed E-state index contributed by atoms with van der Waals surface area (Å²) in [6.07, 6.45) is 2.62. The van der Waals surface area contributed by atoms with Crippen LogP contribution in [0.5, 0.6) is 0 Å². The van der Waals surface area contributed by atoms with Crippen LogP contribution in [0.25, 0.3) is 0 Å². The monoisotopic (exact) mass is 424 g/mol. The number of piperidine rings is 1. The second-order valence-corrected chi connectivity index (χ2v) is 10.1. The maximum Gasteiger partial charge on any atom is 0.263 e. The summed E-state index contributed by atoms with van der Waals surface area (Å²) in [5.74, 6) is -0.853. The molecule has 3 unspecified atom stereocenters. The minimum atomic E-state index is -3.78. The SMILES string of the molecule is CC(NC(=O)c1sccc1S(=O)(=O)N1C(C)CCCC1C)c1cccc(F)c1. The second kappa shape index (κ2) is 8.31. The largest absolute Gasteiger partial charge is 0.345 e. The molecule has 0 aliphatic carbocycles. The molecule has 0 radical (unpaired) electrons. The number of rotatable bonds is 5. The van der Waals surface area contributed by atoms with E-state index in [1.165, 1.54) is 22.5 Å². The smallest absolute Gasteiger partial charge is 0.263 e. The third-order valence-electron chi connectivity index (χ3n) is 5.20. The Morgan fingerprint density at radius 1 is 1.25 bits per heavy atom. The van der Waals surface area contributed by atoms with Crippen LogP contribution < -0.4 is 5.32 Å². The number of thiophene rings is 1. The standard InChI is InChI=1S/C20H25FN2O3S2/c1-13-6-4-7-14(2)23(13)28(25,26)18-10-11-27-19(18)20(24)22-15(3)16-8-5-9-17(21)12-16/h5,8-15H,4,6-7H2,1-3H3,(H,22,24). The van der Waals surface area contributed by atoms with Crippen LogP contribution in [0.4, 0.5) is 4.39 Å². The van der Waals surface area contributed by atoms with Gasteiger partial charge in [-0.2, -0.15) is 4.31 Å². The lowest BCUT2D eigenvalue weighted by Gasteiger charge is -2.37. The Morgan fingerprint density at radius 2 is 1.93 bits per heavy atom. The highest BCUT2D eigenvalue weighted by molar-refractivity contribution is 7.89. The third-order valence-corrected chi connectivity index (χ3v) is 8.41. The molecule has 1 N–H and O–H groups in total. The first kappa shape index (κ1) is 21.0. The number of benzene rings is 1. The Labute approximate surface area is 169 Å². The van der Waals surface area contributed by atoms with Crippen molar-refractivity contribution in [3.05, 3.63) is 52.0 Å². The number of hydrogen-bond donors (Lipinski definition) is 1. The summed E-state index contributed by atoms with van der Waals surface area (Å²) in [6, 6.07) is 6.83. The van der Waals surface area contributed by atoms with Gasteiger partial charge >= 0.3 is 0 Å². The van der Waals surface area contributed by atoms with Gasteiger partial charge in [0.1, 0.15) is 15.6 Å². The Balaban J connectivity index is 1.85. The van der Waals surface area contributed by atoms with Crippen LogP contribution in [0.1, 0.15) is 61.3 Å².